The average molecular weight is 343 g/mol. The zero-order chi connectivity index (χ0) is 17.6. The van der Waals surface area contributed by atoms with Crippen LogP contribution in [0.5, 0.6) is 0 Å². The van der Waals surface area contributed by atoms with Gasteiger partial charge in [0.2, 0.25) is 5.91 Å². The fourth-order valence-electron chi connectivity index (χ4n) is 4.35. The van der Waals surface area contributed by atoms with Crippen molar-refractivity contribution in [2.75, 3.05) is 19.6 Å². The lowest BCUT2D eigenvalue weighted by Crippen LogP contribution is -3.17. The predicted molar refractivity (Wildman–Crippen MR) is 92.3 cm³/mol. The first kappa shape index (κ1) is 16.1. The van der Waals surface area contributed by atoms with Gasteiger partial charge in [-0.25, -0.2) is 4.79 Å². The molecular weight excluding hydrogens is 320 g/mol. The van der Waals surface area contributed by atoms with E-state index in [2.05, 4.69) is 4.98 Å². The van der Waals surface area contributed by atoms with Crippen molar-refractivity contribution in [1.29, 1.82) is 0 Å². The largest absolute Gasteiger partial charge is 0.326 e. The normalized spacial score (nSPS) is 27.4. The quantitative estimate of drug-likeness (QED) is 0.751. The highest BCUT2D eigenvalue weighted by Crippen LogP contribution is 2.21. The van der Waals surface area contributed by atoms with Gasteiger partial charge in [0, 0.05) is 25.4 Å². The summed E-state index contributed by atoms with van der Waals surface area (Å²) in [5, 5.41) is 0. The lowest BCUT2D eigenvalue weighted by atomic mass is 10.0. The highest BCUT2D eigenvalue weighted by molar-refractivity contribution is 6.04. The molecule has 0 aliphatic carbocycles. The Morgan fingerprint density at radius 2 is 1.88 bits per heavy atom. The molecule has 3 heterocycles. The molecule has 2 aromatic rings. The molecule has 2 aliphatic heterocycles. The van der Waals surface area contributed by atoms with Crippen LogP contribution in [0, 0.1) is 0 Å². The number of quaternary nitrogens is 1. The molecule has 0 unspecified atom stereocenters. The van der Waals surface area contributed by atoms with Crippen LogP contribution in [0.4, 0.5) is 0 Å². The molecule has 0 radical (unpaired) electrons. The molecule has 2 saturated heterocycles. The maximum absolute atomic E-state index is 12.4. The summed E-state index contributed by atoms with van der Waals surface area (Å²) < 4.78 is 1.85. The van der Waals surface area contributed by atoms with Crippen LogP contribution >= 0.6 is 0 Å². The number of aromatic nitrogens is 2. The van der Waals surface area contributed by atoms with Crippen LogP contribution in [0.1, 0.15) is 32.2 Å². The molecule has 7 heteroatoms. The Labute approximate surface area is 145 Å². The van der Waals surface area contributed by atoms with Crippen molar-refractivity contribution in [2.45, 2.75) is 38.3 Å². The first-order valence-electron chi connectivity index (χ1n) is 8.98. The molecule has 1 atom stereocenters. The van der Waals surface area contributed by atoms with Crippen LogP contribution < -0.4 is 10.6 Å². The maximum Gasteiger partial charge on any atom is 0.326 e. The van der Waals surface area contributed by atoms with E-state index in [-0.39, 0.29) is 29.6 Å². The van der Waals surface area contributed by atoms with Crippen LogP contribution in [0.25, 0.3) is 11.0 Å². The number of piperidine rings is 1. The van der Waals surface area contributed by atoms with E-state index in [1.165, 1.54) is 9.80 Å². The Hall–Kier alpha value is -2.41. The number of aromatic amines is 1. The van der Waals surface area contributed by atoms with E-state index in [0.717, 1.165) is 37.0 Å². The van der Waals surface area contributed by atoms with Gasteiger partial charge in [0.05, 0.1) is 30.5 Å². The highest BCUT2D eigenvalue weighted by atomic mass is 16.2. The van der Waals surface area contributed by atoms with Gasteiger partial charge < -0.3 is 9.88 Å². The zero-order valence-electron chi connectivity index (χ0n) is 14.3. The second-order valence-corrected chi connectivity index (χ2v) is 6.94. The number of amides is 2. The van der Waals surface area contributed by atoms with E-state index in [9.17, 15) is 14.4 Å². The first-order valence-corrected chi connectivity index (χ1v) is 8.98. The zero-order valence-corrected chi connectivity index (χ0v) is 14.3. The van der Waals surface area contributed by atoms with Crippen LogP contribution in [0.3, 0.4) is 0 Å². The van der Waals surface area contributed by atoms with Crippen molar-refractivity contribution in [3.63, 3.8) is 0 Å². The lowest BCUT2D eigenvalue weighted by molar-refractivity contribution is -0.920. The van der Waals surface area contributed by atoms with Crippen LogP contribution in [-0.4, -0.2) is 51.9 Å². The number of carbonyl (C=O) groups is 2. The summed E-state index contributed by atoms with van der Waals surface area (Å²) >= 11 is 0. The molecule has 2 amide bonds. The van der Waals surface area contributed by atoms with E-state index in [4.69, 9.17) is 0 Å². The van der Waals surface area contributed by atoms with Crippen molar-refractivity contribution in [3.05, 3.63) is 34.7 Å². The number of rotatable bonds is 3. The molecule has 0 spiro atoms. The van der Waals surface area contributed by atoms with E-state index < -0.39 is 0 Å². The van der Waals surface area contributed by atoms with Gasteiger partial charge in [-0.05, 0) is 19.1 Å². The molecule has 2 aliphatic rings. The number of imidazole rings is 1. The monoisotopic (exact) mass is 343 g/mol. The topological polar surface area (TPSA) is 79.6 Å². The number of carbonyl (C=O) groups excluding carboxylic acids is 2. The third-order valence-corrected chi connectivity index (χ3v) is 5.64. The summed E-state index contributed by atoms with van der Waals surface area (Å²) in [6.07, 6.45) is 1.99. The summed E-state index contributed by atoms with van der Waals surface area (Å²) in [5.74, 6) is -0.0924. The summed E-state index contributed by atoms with van der Waals surface area (Å²) in [7, 11) is 0. The number of nitrogens with one attached hydrogen (secondary N) is 2. The fourth-order valence-corrected chi connectivity index (χ4v) is 4.35. The average Bonchev–Trinajstić information content (AvgIpc) is 3.10. The van der Waals surface area contributed by atoms with Gasteiger partial charge in [0.15, 0.2) is 6.04 Å². The Bertz CT molecular complexity index is 876. The predicted octanol–water partition coefficient (Wildman–Crippen LogP) is -0.303. The molecule has 132 valence electrons. The van der Waals surface area contributed by atoms with Crippen molar-refractivity contribution < 1.29 is 14.5 Å². The van der Waals surface area contributed by atoms with E-state index in [1.807, 2.05) is 35.8 Å². The Morgan fingerprint density at radius 3 is 2.56 bits per heavy atom. The number of H-pyrrole nitrogens is 1. The number of imide groups is 1. The number of hydrogen-bond donors (Lipinski definition) is 2. The number of benzene rings is 1. The minimum Gasteiger partial charge on any atom is -0.324 e. The first-order chi connectivity index (χ1) is 12.1. The lowest BCUT2D eigenvalue weighted by Gasteiger charge is -2.32. The molecule has 2 fully saturated rings. The number of fused-ring (bicyclic) bond motifs is 1. The van der Waals surface area contributed by atoms with Crippen molar-refractivity contribution in [2.24, 2.45) is 0 Å². The summed E-state index contributed by atoms with van der Waals surface area (Å²) in [4.78, 5) is 42.2. The van der Waals surface area contributed by atoms with Gasteiger partial charge in [-0.15, -0.1) is 0 Å². The van der Waals surface area contributed by atoms with Crippen LogP contribution in [0.15, 0.2) is 29.1 Å². The molecule has 25 heavy (non-hydrogen) atoms. The number of nitrogens with zero attached hydrogens (tertiary/aromatic N) is 2. The fraction of sp³-hybridized carbons (Fsp3) is 0.500. The smallest absolute Gasteiger partial charge is 0.324 e. The number of likely N-dealkylation sites (N-methyl/N-ethyl adjacent to an activating group) is 1. The molecule has 1 aromatic heterocycles. The van der Waals surface area contributed by atoms with Gasteiger partial charge in [-0.2, -0.15) is 0 Å². The van der Waals surface area contributed by atoms with Crippen molar-refractivity contribution in [1.82, 2.24) is 14.5 Å². The summed E-state index contributed by atoms with van der Waals surface area (Å²) in [5.41, 5.74) is 1.72. The number of para-hydroxylation sites is 2. The van der Waals surface area contributed by atoms with E-state index in [1.54, 1.807) is 0 Å². The Balaban J connectivity index is 1.50. The second-order valence-electron chi connectivity index (χ2n) is 6.94. The number of likely N-dealkylation sites (tertiary alicyclic amines) is 2. The molecule has 0 bridgehead atoms. The molecular formula is C18H23N4O3+. The van der Waals surface area contributed by atoms with Gasteiger partial charge >= 0.3 is 5.69 Å². The van der Waals surface area contributed by atoms with Gasteiger partial charge in [0.1, 0.15) is 0 Å². The van der Waals surface area contributed by atoms with Crippen LogP contribution in [0.2, 0.25) is 0 Å². The minimum absolute atomic E-state index is 0.0368. The molecule has 4 rings (SSSR count). The van der Waals surface area contributed by atoms with E-state index >= 15 is 0 Å². The minimum atomic E-state index is -0.243. The molecule has 0 saturated carbocycles. The number of hydrogen-bond acceptors (Lipinski definition) is 3. The highest BCUT2D eigenvalue weighted by Gasteiger charge is 2.45. The van der Waals surface area contributed by atoms with Crippen LogP contribution in [-0.2, 0) is 9.59 Å². The molecule has 2 N–H and O–H groups in total. The van der Waals surface area contributed by atoms with Crippen molar-refractivity contribution >= 4 is 22.8 Å². The second kappa shape index (κ2) is 6.15. The standard InChI is InChI=1S/C18H22N4O3/c1-2-21-16(23)11-15(17(21)24)20-9-7-12(8-10-20)22-14-6-4-3-5-13(14)19-18(22)25/h3-6,12,15H,2,7-11H2,1H3,(H,19,25)/p+1/t15-/m0/s1. The summed E-state index contributed by atoms with van der Waals surface area (Å²) in [6.45, 7) is 3.90. The van der Waals surface area contributed by atoms with Gasteiger partial charge in [0.25, 0.3) is 5.91 Å². The van der Waals surface area contributed by atoms with E-state index in [0.29, 0.717) is 13.0 Å². The summed E-state index contributed by atoms with van der Waals surface area (Å²) in [6, 6.07) is 7.63. The molecule has 1 aromatic carbocycles. The van der Waals surface area contributed by atoms with Gasteiger partial charge in [-0.3, -0.25) is 19.1 Å². The molecule has 7 nitrogen and oxygen atoms in total. The Kier molecular flexibility index (Phi) is 3.95. The maximum atomic E-state index is 12.4. The third-order valence-electron chi connectivity index (χ3n) is 5.64. The SMILES string of the molecule is CCN1C(=O)C[C@H]([NH+]2CCC(n3c(=O)[nH]c4ccccc43)CC2)C1=O. The van der Waals surface area contributed by atoms with Gasteiger partial charge in [-0.1, -0.05) is 12.1 Å². The van der Waals surface area contributed by atoms with Crippen molar-refractivity contribution in [3.8, 4) is 0 Å². The Morgan fingerprint density at radius 1 is 1.16 bits per heavy atom. The third kappa shape index (κ3) is 2.59.